The lowest BCUT2D eigenvalue weighted by Crippen LogP contribution is -2.35. The molecule has 0 amide bonds. The first-order chi connectivity index (χ1) is 4.70. The standard InChI is InChI=1S/C5H9NO3S/c7-2-4(3-10)6-1-5(8)9/h2,4,6,10H,1,3H2,(H,8,9). The Morgan fingerprint density at radius 2 is 2.40 bits per heavy atom. The minimum absolute atomic E-state index is 0.204. The van der Waals surface area contributed by atoms with Gasteiger partial charge in [0.25, 0.3) is 0 Å². The summed E-state index contributed by atoms with van der Waals surface area (Å²) in [6.07, 6.45) is 0.635. The highest BCUT2D eigenvalue weighted by Gasteiger charge is 2.04. The van der Waals surface area contributed by atoms with Gasteiger partial charge in [-0.25, -0.2) is 0 Å². The average molecular weight is 163 g/mol. The normalized spacial score (nSPS) is 12.5. The van der Waals surface area contributed by atoms with Crippen LogP contribution in [0.2, 0.25) is 0 Å². The first-order valence-corrected chi connectivity index (χ1v) is 3.35. The maximum Gasteiger partial charge on any atom is 0.317 e. The first-order valence-electron chi connectivity index (χ1n) is 2.72. The zero-order valence-corrected chi connectivity index (χ0v) is 6.17. The van der Waals surface area contributed by atoms with Crippen LogP contribution >= 0.6 is 12.6 Å². The van der Waals surface area contributed by atoms with E-state index in [4.69, 9.17) is 5.11 Å². The molecule has 0 aromatic carbocycles. The van der Waals surface area contributed by atoms with E-state index in [1.807, 2.05) is 0 Å². The van der Waals surface area contributed by atoms with Crippen molar-refractivity contribution in [2.75, 3.05) is 12.3 Å². The molecule has 0 heterocycles. The van der Waals surface area contributed by atoms with Crippen LogP contribution in [0.5, 0.6) is 0 Å². The third kappa shape index (κ3) is 4.34. The summed E-state index contributed by atoms with van der Waals surface area (Å²) in [6.45, 7) is -0.204. The number of hydrogen-bond acceptors (Lipinski definition) is 4. The van der Waals surface area contributed by atoms with Crippen LogP contribution in [0.15, 0.2) is 0 Å². The van der Waals surface area contributed by atoms with Crippen molar-refractivity contribution in [3.63, 3.8) is 0 Å². The second-order valence-electron chi connectivity index (χ2n) is 1.70. The lowest BCUT2D eigenvalue weighted by atomic mass is 10.4. The Bertz CT molecular complexity index is 128. The molecule has 5 heteroatoms. The summed E-state index contributed by atoms with van der Waals surface area (Å²) in [6, 6.07) is -0.459. The van der Waals surface area contributed by atoms with Gasteiger partial charge in [-0.3, -0.25) is 10.1 Å². The number of hydrogen-bond donors (Lipinski definition) is 3. The molecule has 0 spiro atoms. The monoisotopic (exact) mass is 163 g/mol. The molecule has 0 aliphatic carbocycles. The van der Waals surface area contributed by atoms with Crippen LogP contribution in [-0.4, -0.2) is 35.7 Å². The number of rotatable bonds is 5. The molecular formula is C5H9NO3S. The van der Waals surface area contributed by atoms with Crippen LogP contribution in [0, 0.1) is 0 Å². The maximum absolute atomic E-state index is 10.0. The van der Waals surface area contributed by atoms with Gasteiger partial charge in [0.1, 0.15) is 6.29 Å². The summed E-state index contributed by atoms with van der Waals surface area (Å²) in [5, 5.41) is 10.6. The van der Waals surface area contributed by atoms with E-state index >= 15 is 0 Å². The molecular weight excluding hydrogens is 154 g/mol. The van der Waals surface area contributed by atoms with Gasteiger partial charge >= 0.3 is 5.97 Å². The van der Waals surface area contributed by atoms with Crippen molar-refractivity contribution in [1.82, 2.24) is 5.32 Å². The third-order valence-corrected chi connectivity index (χ3v) is 1.27. The van der Waals surface area contributed by atoms with E-state index in [1.165, 1.54) is 0 Å². The van der Waals surface area contributed by atoms with Crippen LogP contribution in [0.4, 0.5) is 0 Å². The number of nitrogens with one attached hydrogen (secondary N) is 1. The molecule has 0 bridgehead atoms. The summed E-state index contributed by atoms with van der Waals surface area (Å²) in [5.74, 6) is -0.662. The van der Waals surface area contributed by atoms with Crippen LogP contribution < -0.4 is 5.32 Å². The van der Waals surface area contributed by atoms with Crippen molar-refractivity contribution in [3.05, 3.63) is 0 Å². The van der Waals surface area contributed by atoms with Gasteiger partial charge in [0.2, 0.25) is 0 Å². The third-order valence-electron chi connectivity index (χ3n) is 0.876. The molecule has 2 N–H and O–H groups in total. The highest BCUT2D eigenvalue weighted by molar-refractivity contribution is 7.80. The van der Waals surface area contributed by atoms with Crippen molar-refractivity contribution in [2.45, 2.75) is 6.04 Å². The van der Waals surface area contributed by atoms with Crippen molar-refractivity contribution in [3.8, 4) is 0 Å². The van der Waals surface area contributed by atoms with Crippen LogP contribution in [0.3, 0.4) is 0 Å². The van der Waals surface area contributed by atoms with E-state index in [0.717, 1.165) is 0 Å². The molecule has 1 atom stereocenters. The predicted molar refractivity (Wildman–Crippen MR) is 39.3 cm³/mol. The second-order valence-corrected chi connectivity index (χ2v) is 2.06. The highest BCUT2D eigenvalue weighted by atomic mass is 32.1. The van der Waals surface area contributed by atoms with Gasteiger partial charge in [-0.1, -0.05) is 0 Å². The Balaban J connectivity index is 3.44. The molecule has 0 saturated heterocycles. The topological polar surface area (TPSA) is 66.4 Å². The first kappa shape index (κ1) is 9.45. The van der Waals surface area contributed by atoms with Crippen LogP contribution in [0.1, 0.15) is 0 Å². The smallest absolute Gasteiger partial charge is 0.317 e. The van der Waals surface area contributed by atoms with Gasteiger partial charge in [-0.2, -0.15) is 12.6 Å². The summed E-state index contributed by atoms with van der Waals surface area (Å²) >= 11 is 3.81. The Kier molecular flexibility index (Phi) is 4.96. The number of carbonyl (C=O) groups is 2. The minimum Gasteiger partial charge on any atom is -0.480 e. The molecule has 1 unspecified atom stereocenters. The van der Waals surface area contributed by atoms with E-state index in [1.54, 1.807) is 0 Å². The molecule has 0 aromatic heterocycles. The minimum atomic E-state index is -0.978. The van der Waals surface area contributed by atoms with Gasteiger partial charge in [-0.15, -0.1) is 0 Å². The largest absolute Gasteiger partial charge is 0.480 e. The summed E-state index contributed by atoms with van der Waals surface area (Å²) in [7, 11) is 0. The van der Waals surface area contributed by atoms with E-state index in [-0.39, 0.29) is 6.54 Å². The molecule has 10 heavy (non-hydrogen) atoms. The fraction of sp³-hybridized carbons (Fsp3) is 0.600. The Labute approximate surface area is 64.0 Å². The van der Waals surface area contributed by atoms with Gasteiger partial charge < -0.3 is 9.90 Å². The zero-order valence-electron chi connectivity index (χ0n) is 5.28. The van der Waals surface area contributed by atoms with Gasteiger partial charge in [-0.05, 0) is 0 Å². The zero-order chi connectivity index (χ0) is 7.98. The predicted octanol–water partition coefficient (Wildman–Crippen LogP) is -0.842. The van der Waals surface area contributed by atoms with E-state index < -0.39 is 12.0 Å². The number of thiol groups is 1. The Morgan fingerprint density at radius 3 is 2.70 bits per heavy atom. The van der Waals surface area contributed by atoms with Gasteiger partial charge in [0.05, 0.1) is 12.6 Å². The summed E-state index contributed by atoms with van der Waals surface area (Å²) < 4.78 is 0. The Hall–Kier alpha value is -0.550. The SMILES string of the molecule is O=CC(CS)NCC(=O)O. The van der Waals surface area contributed by atoms with Crippen molar-refractivity contribution in [1.29, 1.82) is 0 Å². The van der Waals surface area contributed by atoms with Gasteiger partial charge in [0, 0.05) is 5.75 Å². The number of carboxylic acid groups (broad SMARTS) is 1. The average Bonchev–Trinajstić information content (AvgIpc) is 1.90. The van der Waals surface area contributed by atoms with Crippen LogP contribution in [0.25, 0.3) is 0 Å². The molecule has 0 radical (unpaired) electrons. The molecule has 0 aliphatic rings. The van der Waals surface area contributed by atoms with Crippen molar-refractivity contribution < 1.29 is 14.7 Å². The number of carboxylic acids is 1. The highest BCUT2D eigenvalue weighted by Crippen LogP contribution is 1.81. The maximum atomic E-state index is 10.0. The Morgan fingerprint density at radius 1 is 1.80 bits per heavy atom. The van der Waals surface area contributed by atoms with E-state index in [0.29, 0.717) is 12.0 Å². The fourth-order valence-corrected chi connectivity index (χ4v) is 0.589. The quantitative estimate of drug-likeness (QED) is 0.365. The molecule has 0 aliphatic heterocycles. The van der Waals surface area contributed by atoms with Gasteiger partial charge in [0.15, 0.2) is 0 Å². The lowest BCUT2D eigenvalue weighted by Gasteiger charge is -2.05. The number of aldehydes is 1. The fourth-order valence-electron chi connectivity index (χ4n) is 0.374. The number of aliphatic carboxylic acids is 1. The summed E-state index contributed by atoms with van der Waals surface area (Å²) in [4.78, 5) is 20.0. The molecule has 4 nitrogen and oxygen atoms in total. The molecule has 0 aromatic rings. The molecule has 0 fully saturated rings. The molecule has 0 rings (SSSR count). The second kappa shape index (κ2) is 5.25. The van der Waals surface area contributed by atoms with Crippen molar-refractivity contribution in [2.24, 2.45) is 0 Å². The lowest BCUT2D eigenvalue weighted by molar-refractivity contribution is -0.136. The van der Waals surface area contributed by atoms with E-state index in [2.05, 4.69) is 17.9 Å². The van der Waals surface area contributed by atoms with Crippen LogP contribution in [-0.2, 0) is 9.59 Å². The molecule has 58 valence electrons. The summed E-state index contributed by atoms with van der Waals surface area (Å²) in [5.41, 5.74) is 0. The molecule has 0 saturated carbocycles. The van der Waals surface area contributed by atoms with E-state index in [9.17, 15) is 9.59 Å². The van der Waals surface area contributed by atoms with Crippen molar-refractivity contribution >= 4 is 24.9 Å². The number of carbonyl (C=O) groups excluding carboxylic acids is 1.